The van der Waals surface area contributed by atoms with E-state index in [1.54, 1.807) is 0 Å². The summed E-state index contributed by atoms with van der Waals surface area (Å²) in [7, 11) is 0. The van der Waals surface area contributed by atoms with Gasteiger partial charge in [0, 0.05) is 13.0 Å². The molecular formula is C7H9NO2. The Balaban J connectivity index is 2.65. The molecule has 3 nitrogen and oxygen atoms in total. The Hall–Kier alpha value is -1.08. The molecule has 1 heterocycles. The highest BCUT2D eigenvalue weighted by molar-refractivity contribution is 6.02. The van der Waals surface area contributed by atoms with Gasteiger partial charge in [0.15, 0.2) is 0 Å². The zero-order valence-corrected chi connectivity index (χ0v) is 5.89. The molecule has 1 rings (SSSR count). The van der Waals surface area contributed by atoms with Gasteiger partial charge in [-0.05, 0) is 6.92 Å². The maximum Gasteiger partial charge on any atom is 0.223 e. The first-order valence-corrected chi connectivity index (χ1v) is 3.30. The number of ether oxygens (including phenoxy) is 1. The molecule has 0 fully saturated rings. The molecule has 0 radical (unpaired) electrons. The van der Waals surface area contributed by atoms with E-state index in [1.165, 1.54) is 0 Å². The molecule has 1 aliphatic heterocycles. The standard InChI is InChI=1S/C7H9NO2/c1-2-10-7-6(5-9)3-4-8-7/h2-4H2,1H3. The summed E-state index contributed by atoms with van der Waals surface area (Å²) in [6.45, 7) is 3.09. The second-order valence-corrected chi connectivity index (χ2v) is 1.95. The zero-order chi connectivity index (χ0) is 7.40. The highest BCUT2D eigenvalue weighted by Gasteiger charge is 2.14. The van der Waals surface area contributed by atoms with E-state index in [1.807, 2.05) is 12.9 Å². The van der Waals surface area contributed by atoms with Crippen molar-refractivity contribution in [3.05, 3.63) is 5.57 Å². The van der Waals surface area contributed by atoms with E-state index in [9.17, 15) is 4.79 Å². The van der Waals surface area contributed by atoms with Crippen LogP contribution >= 0.6 is 0 Å². The van der Waals surface area contributed by atoms with Crippen LogP contribution in [0.2, 0.25) is 0 Å². The summed E-state index contributed by atoms with van der Waals surface area (Å²) in [6, 6.07) is 0. The molecule has 54 valence electrons. The molecule has 0 aromatic carbocycles. The number of hydrogen-bond donors (Lipinski definition) is 0. The molecule has 0 aliphatic carbocycles. The van der Waals surface area contributed by atoms with Gasteiger partial charge < -0.3 is 4.74 Å². The molecule has 10 heavy (non-hydrogen) atoms. The predicted molar refractivity (Wildman–Crippen MR) is 37.8 cm³/mol. The third-order valence-electron chi connectivity index (χ3n) is 1.28. The van der Waals surface area contributed by atoms with Crippen LogP contribution in [-0.2, 0) is 9.53 Å². The van der Waals surface area contributed by atoms with E-state index >= 15 is 0 Å². The third-order valence-corrected chi connectivity index (χ3v) is 1.28. The Morgan fingerprint density at radius 1 is 1.80 bits per heavy atom. The molecule has 0 unspecified atom stereocenters. The van der Waals surface area contributed by atoms with Gasteiger partial charge in [0.1, 0.15) is 5.94 Å². The van der Waals surface area contributed by atoms with E-state index in [2.05, 4.69) is 4.99 Å². The van der Waals surface area contributed by atoms with Gasteiger partial charge in [0.05, 0.1) is 12.2 Å². The fraction of sp³-hybridized carbons (Fsp3) is 0.571. The first-order valence-electron chi connectivity index (χ1n) is 3.30. The predicted octanol–water partition coefficient (Wildman–Crippen LogP) is 0.583. The van der Waals surface area contributed by atoms with Crippen LogP contribution < -0.4 is 0 Å². The van der Waals surface area contributed by atoms with Crippen molar-refractivity contribution in [2.24, 2.45) is 4.99 Å². The van der Waals surface area contributed by atoms with Gasteiger partial charge in [-0.25, -0.2) is 4.79 Å². The van der Waals surface area contributed by atoms with Gasteiger partial charge in [0.25, 0.3) is 0 Å². The lowest BCUT2D eigenvalue weighted by Gasteiger charge is -1.98. The van der Waals surface area contributed by atoms with Crippen LogP contribution in [0.25, 0.3) is 0 Å². The van der Waals surface area contributed by atoms with Crippen molar-refractivity contribution < 1.29 is 9.53 Å². The Bertz CT molecular complexity index is 202. The number of rotatable bonds is 1. The molecule has 1 aliphatic rings. The largest absolute Gasteiger partial charge is 0.477 e. The zero-order valence-electron chi connectivity index (χ0n) is 5.89. The number of aliphatic imine (C=N–C) groups is 1. The van der Waals surface area contributed by atoms with Gasteiger partial charge in [-0.15, -0.1) is 0 Å². The van der Waals surface area contributed by atoms with Crippen molar-refractivity contribution in [2.45, 2.75) is 13.3 Å². The molecule has 0 aromatic rings. The van der Waals surface area contributed by atoms with Crippen LogP contribution in [0.5, 0.6) is 0 Å². The highest BCUT2D eigenvalue weighted by Crippen LogP contribution is 2.09. The smallest absolute Gasteiger partial charge is 0.223 e. The molecule has 0 amide bonds. The van der Waals surface area contributed by atoms with Crippen molar-refractivity contribution in [2.75, 3.05) is 13.2 Å². The lowest BCUT2D eigenvalue weighted by atomic mass is 10.2. The van der Waals surface area contributed by atoms with Crippen molar-refractivity contribution in [1.29, 1.82) is 0 Å². The monoisotopic (exact) mass is 139 g/mol. The summed E-state index contributed by atoms with van der Waals surface area (Å²) in [5, 5.41) is 0. The SMILES string of the molecule is CCOC1=NCCC1=C=O. The Morgan fingerprint density at radius 2 is 2.60 bits per heavy atom. The van der Waals surface area contributed by atoms with Crippen LogP contribution in [0.4, 0.5) is 0 Å². The Labute approximate surface area is 59.4 Å². The van der Waals surface area contributed by atoms with Gasteiger partial charge in [0.2, 0.25) is 5.90 Å². The summed E-state index contributed by atoms with van der Waals surface area (Å²) in [6.07, 6.45) is 0.679. The quantitative estimate of drug-likeness (QED) is 0.498. The van der Waals surface area contributed by atoms with Gasteiger partial charge in [-0.3, -0.25) is 4.99 Å². The summed E-state index contributed by atoms with van der Waals surface area (Å²) < 4.78 is 5.06. The number of nitrogens with zero attached hydrogens (tertiary/aromatic N) is 1. The molecule has 0 aromatic heterocycles. The molecule has 0 N–H and O–H groups in total. The maximum atomic E-state index is 10.2. The first-order chi connectivity index (χ1) is 4.88. The third kappa shape index (κ3) is 1.25. The van der Waals surface area contributed by atoms with Crippen LogP contribution in [-0.4, -0.2) is 25.0 Å². The lowest BCUT2D eigenvalue weighted by molar-refractivity contribution is 0.329. The van der Waals surface area contributed by atoms with Crippen LogP contribution in [0.3, 0.4) is 0 Å². The van der Waals surface area contributed by atoms with Gasteiger partial charge in [-0.1, -0.05) is 0 Å². The van der Waals surface area contributed by atoms with E-state index in [0.29, 0.717) is 31.0 Å². The molecule has 0 saturated carbocycles. The fourth-order valence-corrected chi connectivity index (χ4v) is 0.836. The van der Waals surface area contributed by atoms with Crippen molar-refractivity contribution in [3.63, 3.8) is 0 Å². The summed E-state index contributed by atoms with van der Waals surface area (Å²) >= 11 is 0. The number of hydrogen-bond acceptors (Lipinski definition) is 3. The minimum atomic E-state index is 0.484. The lowest BCUT2D eigenvalue weighted by Crippen LogP contribution is -2.03. The van der Waals surface area contributed by atoms with Crippen molar-refractivity contribution in [1.82, 2.24) is 0 Å². The van der Waals surface area contributed by atoms with E-state index in [0.717, 1.165) is 0 Å². The fourth-order valence-electron chi connectivity index (χ4n) is 0.836. The Morgan fingerprint density at radius 3 is 3.20 bits per heavy atom. The molecule has 0 atom stereocenters. The molecule has 0 saturated heterocycles. The van der Waals surface area contributed by atoms with Crippen LogP contribution in [0.15, 0.2) is 10.6 Å². The van der Waals surface area contributed by atoms with E-state index in [4.69, 9.17) is 4.74 Å². The molecule has 0 bridgehead atoms. The normalized spacial score (nSPS) is 16.5. The van der Waals surface area contributed by atoms with Crippen molar-refractivity contribution in [3.8, 4) is 0 Å². The van der Waals surface area contributed by atoms with Crippen molar-refractivity contribution >= 4 is 11.8 Å². The first kappa shape index (κ1) is 7.03. The average Bonchev–Trinajstić information content (AvgIpc) is 2.36. The maximum absolute atomic E-state index is 10.2. The highest BCUT2D eigenvalue weighted by atomic mass is 16.5. The van der Waals surface area contributed by atoms with Crippen LogP contribution in [0.1, 0.15) is 13.3 Å². The topological polar surface area (TPSA) is 38.7 Å². The summed E-state index contributed by atoms with van der Waals surface area (Å²) in [4.78, 5) is 14.1. The van der Waals surface area contributed by atoms with Gasteiger partial charge in [-0.2, -0.15) is 0 Å². The van der Waals surface area contributed by atoms with Gasteiger partial charge >= 0.3 is 0 Å². The minimum Gasteiger partial charge on any atom is -0.477 e. The van der Waals surface area contributed by atoms with E-state index < -0.39 is 0 Å². The van der Waals surface area contributed by atoms with Crippen LogP contribution in [0, 0.1) is 0 Å². The second kappa shape index (κ2) is 3.18. The average molecular weight is 139 g/mol. The second-order valence-electron chi connectivity index (χ2n) is 1.95. The Kier molecular flexibility index (Phi) is 2.24. The summed E-state index contributed by atoms with van der Waals surface area (Å²) in [5.74, 6) is 2.29. The minimum absolute atomic E-state index is 0.484. The number of carbonyl (C=O) groups excluding carboxylic acids is 1. The molecule has 0 spiro atoms. The molecular weight excluding hydrogens is 130 g/mol. The van der Waals surface area contributed by atoms with E-state index in [-0.39, 0.29) is 0 Å². The molecule has 3 heteroatoms. The summed E-state index contributed by atoms with van der Waals surface area (Å²) in [5.41, 5.74) is 0.571.